The molecule has 29 heavy (non-hydrogen) atoms. The first-order valence-electron chi connectivity index (χ1n) is 9.73. The maximum atomic E-state index is 13.8. The number of amides is 2. The number of anilines is 1. The van der Waals surface area contributed by atoms with Crippen LogP contribution in [0.1, 0.15) is 35.6 Å². The molecule has 2 N–H and O–H groups in total. The van der Waals surface area contributed by atoms with Gasteiger partial charge in [-0.3, -0.25) is 4.79 Å². The van der Waals surface area contributed by atoms with Crippen LogP contribution < -0.4 is 10.9 Å². The number of aromatic amines is 1. The Hall–Kier alpha value is -3.15. The average Bonchev–Trinajstić information content (AvgIpc) is 2.65. The highest BCUT2D eigenvalue weighted by molar-refractivity contribution is 5.90. The maximum Gasteiger partial charge on any atom is 0.322 e. The lowest BCUT2D eigenvalue weighted by Gasteiger charge is -2.23. The molecule has 0 fully saturated rings. The van der Waals surface area contributed by atoms with Gasteiger partial charge in [0.15, 0.2) is 0 Å². The Morgan fingerprint density at radius 2 is 1.86 bits per heavy atom. The number of carbonyl (C=O) groups excluding carboxylic acids is 1. The number of halogens is 1. The van der Waals surface area contributed by atoms with Crippen molar-refractivity contribution in [3.63, 3.8) is 0 Å². The van der Waals surface area contributed by atoms with E-state index >= 15 is 0 Å². The summed E-state index contributed by atoms with van der Waals surface area (Å²) in [6, 6.07) is 9.87. The van der Waals surface area contributed by atoms with Crippen molar-refractivity contribution in [2.24, 2.45) is 0 Å². The van der Waals surface area contributed by atoms with Crippen LogP contribution in [-0.2, 0) is 6.54 Å². The molecule has 152 valence electrons. The first kappa shape index (κ1) is 20.6. The fourth-order valence-corrected chi connectivity index (χ4v) is 3.51. The highest BCUT2D eigenvalue weighted by Crippen LogP contribution is 2.22. The van der Waals surface area contributed by atoms with Crippen LogP contribution in [0.4, 0.5) is 14.9 Å². The standard InChI is InChI=1S/C23H26FN3O2/c1-5-8-27(23(29)25-18-7-6-15(3)20(24)12-18)13-17-11-21(28)26-22-16(4)9-14(2)10-19(17)22/h6-7,9-12H,5,8,13H2,1-4H3,(H,25,29)(H,26,28). The predicted molar refractivity (Wildman–Crippen MR) is 115 cm³/mol. The number of nitrogens with zero attached hydrogens (tertiary/aromatic N) is 1. The molecule has 2 amide bonds. The monoisotopic (exact) mass is 395 g/mol. The molecule has 3 aromatic rings. The van der Waals surface area contributed by atoms with Crippen molar-refractivity contribution in [2.75, 3.05) is 11.9 Å². The summed E-state index contributed by atoms with van der Waals surface area (Å²) in [6.45, 7) is 8.42. The van der Waals surface area contributed by atoms with Crippen molar-refractivity contribution < 1.29 is 9.18 Å². The van der Waals surface area contributed by atoms with Gasteiger partial charge in [-0.05, 0) is 62.1 Å². The molecule has 1 aromatic heterocycles. The zero-order chi connectivity index (χ0) is 21.1. The molecule has 0 aliphatic rings. The smallest absolute Gasteiger partial charge is 0.322 e. The molecule has 3 rings (SSSR count). The zero-order valence-corrected chi connectivity index (χ0v) is 17.2. The van der Waals surface area contributed by atoms with Gasteiger partial charge in [0.1, 0.15) is 5.82 Å². The number of hydrogen-bond donors (Lipinski definition) is 2. The van der Waals surface area contributed by atoms with E-state index in [1.54, 1.807) is 30.0 Å². The normalized spacial score (nSPS) is 10.9. The molecule has 0 bridgehead atoms. The van der Waals surface area contributed by atoms with Gasteiger partial charge in [0, 0.05) is 30.2 Å². The number of benzene rings is 2. The van der Waals surface area contributed by atoms with Gasteiger partial charge in [0.25, 0.3) is 0 Å². The Kier molecular flexibility index (Phi) is 6.01. The second-order valence-electron chi connectivity index (χ2n) is 7.48. The van der Waals surface area contributed by atoms with Crippen LogP contribution in [0.3, 0.4) is 0 Å². The summed E-state index contributed by atoms with van der Waals surface area (Å²) in [5.41, 5.74) is 4.38. The number of carbonyl (C=O) groups is 1. The first-order valence-corrected chi connectivity index (χ1v) is 9.73. The number of nitrogens with one attached hydrogen (secondary N) is 2. The minimum Gasteiger partial charge on any atom is -0.322 e. The van der Waals surface area contributed by atoms with Crippen LogP contribution >= 0.6 is 0 Å². The number of hydrogen-bond acceptors (Lipinski definition) is 2. The van der Waals surface area contributed by atoms with Crippen molar-refractivity contribution in [1.82, 2.24) is 9.88 Å². The molecule has 0 radical (unpaired) electrons. The number of aromatic nitrogens is 1. The van der Waals surface area contributed by atoms with Gasteiger partial charge in [-0.1, -0.05) is 24.6 Å². The molecule has 6 heteroatoms. The second-order valence-corrected chi connectivity index (χ2v) is 7.48. The lowest BCUT2D eigenvalue weighted by molar-refractivity contribution is 0.209. The third-order valence-electron chi connectivity index (χ3n) is 4.94. The van der Waals surface area contributed by atoms with Gasteiger partial charge in [-0.15, -0.1) is 0 Å². The molecular weight excluding hydrogens is 369 g/mol. The van der Waals surface area contributed by atoms with Crippen molar-refractivity contribution in [3.05, 3.63) is 74.8 Å². The van der Waals surface area contributed by atoms with E-state index in [0.717, 1.165) is 34.0 Å². The fourth-order valence-electron chi connectivity index (χ4n) is 3.51. The third-order valence-corrected chi connectivity index (χ3v) is 4.94. The predicted octanol–water partition coefficient (Wildman–Crippen LogP) is 5.04. The van der Waals surface area contributed by atoms with Gasteiger partial charge in [-0.2, -0.15) is 0 Å². The largest absolute Gasteiger partial charge is 0.322 e. The van der Waals surface area contributed by atoms with Crippen LogP contribution in [-0.4, -0.2) is 22.5 Å². The SMILES string of the molecule is CCCN(Cc1cc(=O)[nH]c2c(C)cc(C)cc12)C(=O)Nc1ccc(C)c(F)c1. The van der Waals surface area contributed by atoms with Crippen LogP contribution in [0.2, 0.25) is 0 Å². The molecule has 0 saturated carbocycles. The van der Waals surface area contributed by atoms with Crippen molar-refractivity contribution in [2.45, 2.75) is 40.7 Å². The minimum absolute atomic E-state index is 0.197. The van der Waals surface area contributed by atoms with E-state index in [0.29, 0.717) is 17.8 Å². The topological polar surface area (TPSA) is 65.2 Å². The maximum absolute atomic E-state index is 13.8. The Labute approximate surface area is 169 Å². The van der Waals surface area contributed by atoms with E-state index < -0.39 is 0 Å². The summed E-state index contributed by atoms with van der Waals surface area (Å²) in [6.07, 6.45) is 0.759. The number of H-pyrrole nitrogens is 1. The number of fused-ring (bicyclic) bond motifs is 1. The van der Waals surface area contributed by atoms with Crippen LogP contribution in [0, 0.1) is 26.6 Å². The van der Waals surface area contributed by atoms with Crippen LogP contribution in [0.15, 0.2) is 41.2 Å². The van der Waals surface area contributed by atoms with E-state index in [1.165, 1.54) is 6.07 Å². The lowest BCUT2D eigenvalue weighted by atomic mass is 10.0. The van der Waals surface area contributed by atoms with Crippen LogP contribution in [0.25, 0.3) is 10.9 Å². The molecule has 5 nitrogen and oxygen atoms in total. The third kappa shape index (κ3) is 4.65. The van der Waals surface area contributed by atoms with Gasteiger partial charge >= 0.3 is 6.03 Å². The number of aryl methyl sites for hydroxylation is 3. The Morgan fingerprint density at radius 3 is 2.55 bits per heavy atom. The molecule has 2 aromatic carbocycles. The first-order chi connectivity index (χ1) is 13.8. The molecule has 0 aliphatic heterocycles. The minimum atomic E-state index is -0.364. The summed E-state index contributed by atoms with van der Waals surface area (Å²) in [5, 5.41) is 3.69. The average molecular weight is 395 g/mol. The van der Waals surface area contributed by atoms with Gasteiger partial charge in [0.2, 0.25) is 5.56 Å². The highest BCUT2D eigenvalue weighted by atomic mass is 19.1. The van der Waals surface area contributed by atoms with Gasteiger partial charge in [-0.25, -0.2) is 9.18 Å². The molecule has 0 aliphatic carbocycles. The molecule has 0 unspecified atom stereocenters. The van der Waals surface area contributed by atoms with E-state index in [2.05, 4.69) is 10.3 Å². The summed E-state index contributed by atoms with van der Waals surface area (Å²) in [5.74, 6) is -0.364. The second kappa shape index (κ2) is 8.47. The van der Waals surface area contributed by atoms with E-state index in [9.17, 15) is 14.0 Å². The zero-order valence-electron chi connectivity index (χ0n) is 17.2. The summed E-state index contributed by atoms with van der Waals surface area (Å²) in [7, 11) is 0. The Morgan fingerprint density at radius 1 is 1.10 bits per heavy atom. The fraction of sp³-hybridized carbons (Fsp3) is 0.304. The molecule has 0 saturated heterocycles. The molecular formula is C23H26FN3O2. The molecule has 0 atom stereocenters. The summed E-state index contributed by atoms with van der Waals surface area (Å²) >= 11 is 0. The quantitative estimate of drug-likeness (QED) is 0.636. The summed E-state index contributed by atoms with van der Waals surface area (Å²) in [4.78, 5) is 29.6. The number of rotatable bonds is 5. The van der Waals surface area contributed by atoms with Crippen molar-refractivity contribution in [3.8, 4) is 0 Å². The van der Waals surface area contributed by atoms with E-state index in [1.807, 2.05) is 32.9 Å². The van der Waals surface area contributed by atoms with E-state index in [4.69, 9.17) is 0 Å². The molecule has 0 spiro atoms. The number of urea groups is 1. The van der Waals surface area contributed by atoms with Crippen molar-refractivity contribution in [1.29, 1.82) is 0 Å². The lowest BCUT2D eigenvalue weighted by Crippen LogP contribution is -2.35. The van der Waals surface area contributed by atoms with Gasteiger partial charge < -0.3 is 15.2 Å². The number of pyridine rings is 1. The van der Waals surface area contributed by atoms with Gasteiger partial charge in [0.05, 0.1) is 5.52 Å². The molecule has 1 heterocycles. The Bertz CT molecular complexity index is 1120. The van der Waals surface area contributed by atoms with Crippen LogP contribution in [0.5, 0.6) is 0 Å². The summed E-state index contributed by atoms with van der Waals surface area (Å²) < 4.78 is 13.8. The van der Waals surface area contributed by atoms with E-state index in [-0.39, 0.29) is 24.0 Å². The highest BCUT2D eigenvalue weighted by Gasteiger charge is 2.17. The Balaban J connectivity index is 1.93. The van der Waals surface area contributed by atoms with Crippen molar-refractivity contribution >= 4 is 22.6 Å².